The van der Waals surface area contributed by atoms with E-state index < -0.39 is 4.92 Å². The number of aromatic nitrogens is 1. The van der Waals surface area contributed by atoms with Gasteiger partial charge < -0.3 is 0 Å². The minimum Gasteiger partial charge on any atom is -0.268 e. The Morgan fingerprint density at radius 1 is 1.06 bits per heavy atom. The number of nitrogens with zero attached hydrogens (tertiary/aromatic N) is 4. The molecule has 10 heteroatoms. The molecular formula is C26H17ClN4O3S2. The number of amides is 1. The molecule has 1 aromatic heterocycles. The Hall–Kier alpha value is -3.79. The average molecular weight is 533 g/mol. The van der Waals surface area contributed by atoms with E-state index in [9.17, 15) is 14.9 Å². The van der Waals surface area contributed by atoms with E-state index in [1.807, 2.05) is 54.6 Å². The van der Waals surface area contributed by atoms with Crippen molar-refractivity contribution in [3.05, 3.63) is 121 Å². The number of hydrogen-bond donors (Lipinski definition) is 0. The second-order valence-corrected chi connectivity index (χ2v) is 10.2. The number of non-ortho nitro benzene ring substituents is 1. The summed E-state index contributed by atoms with van der Waals surface area (Å²) in [6.07, 6.45) is 4.04. The minimum atomic E-state index is -0.461. The summed E-state index contributed by atoms with van der Waals surface area (Å²) < 4.78 is 0. The molecule has 0 unspecified atom stereocenters. The number of benzene rings is 3. The van der Waals surface area contributed by atoms with E-state index in [2.05, 4.69) is 4.98 Å². The van der Waals surface area contributed by atoms with Gasteiger partial charge in [-0.15, -0.1) is 0 Å². The molecular weight excluding hydrogens is 516 g/mol. The second-order valence-electron chi connectivity index (χ2n) is 7.71. The zero-order chi connectivity index (χ0) is 25.1. The molecule has 36 heavy (non-hydrogen) atoms. The summed E-state index contributed by atoms with van der Waals surface area (Å²) in [5.41, 5.74) is 2.19. The number of nitro benzene ring substituents is 1. The highest BCUT2D eigenvalue weighted by atomic mass is 35.5. The highest BCUT2D eigenvalue weighted by Crippen LogP contribution is 2.38. The summed E-state index contributed by atoms with van der Waals surface area (Å²) in [5, 5.41) is 12.8. The van der Waals surface area contributed by atoms with Gasteiger partial charge in [0.15, 0.2) is 5.17 Å². The highest BCUT2D eigenvalue weighted by molar-refractivity contribution is 8.19. The van der Waals surface area contributed by atoms with Crippen LogP contribution in [0.5, 0.6) is 0 Å². The lowest BCUT2D eigenvalue weighted by Gasteiger charge is -2.14. The molecule has 1 amide bonds. The van der Waals surface area contributed by atoms with Crippen molar-refractivity contribution in [2.45, 2.75) is 6.42 Å². The molecule has 178 valence electrons. The molecule has 1 aliphatic heterocycles. The van der Waals surface area contributed by atoms with Crippen LogP contribution in [0.2, 0.25) is 5.02 Å². The summed E-state index contributed by atoms with van der Waals surface area (Å²) in [6.45, 7) is 0. The number of thioether (sulfide) groups is 1. The van der Waals surface area contributed by atoms with Crippen LogP contribution in [0.15, 0.2) is 95.0 Å². The Bertz CT molecular complexity index is 1520. The van der Waals surface area contributed by atoms with Gasteiger partial charge in [0.1, 0.15) is 0 Å². The molecule has 0 bridgehead atoms. The summed E-state index contributed by atoms with van der Waals surface area (Å²) in [7, 11) is 0. The summed E-state index contributed by atoms with van der Waals surface area (Å²) in [4.78, 5) is 36.2. The maximum Gasteiger partial charge on any atom is 0.271 e. The van der Waals surface area contributed by atoms with E-state index in [0.29, 0.717) is 37.9 Å². The van der Waals surface area contributed by atoms with E-state index in [1.54, 1.807) is 24.4 Å². The van der Waals surface area contributed by atoms with Gasteiger partial charge in [-0.3, -0.25) is 19.8 Å². The summed E-state index contributed by atoms with van der Waals surface area (Å²) in [6, 6.07) is 23.0. The predicted molar refractivity (Wildman–Crippen MR) is 146 cm³/mol. The van der Waals surface area contributed by atoms with Crippen molar-refractivity contribution >= 4 is 68.4 Å². The van der Waals surface area contributed by atoms with Crippen LogP contribution >= 0.6 is 34.7 Å². The van der Waals surface area contributed by atoms with E-state index in [4.69, 9.17) is 16.6 Å². The van der Waals surface area contributed by atoms with Crippen LogP contribution in [-0.4, -0.2) is 21.0 Å². The van der Waals surface area contributed by atoms with Crippen molar-refractivity contribution in [1.82, 2.24) is 4.98 Å². The molecule has 3 aromatic carbocycles. The molecule has 1 fully saturated rings. The van der Waals surface area contributed by atoms with E-state index in [0.717, 1.165) is 10.4 Å². The molecule has 2 heterocycles. The van der Waals surface area contributed by atoms with Crippen molar-refractivity contribution in [1.29, 1.82) is 0 Å². The van der Waals surface area contributed by atoms with Crippen LogP contribution in [0.1, 0.15) is 16.0 Å². The molecule has 0 aliphatic carbocycles. The van der Waals surface area contributed by atoms with Crippen LogP contribution in [0.4, 0.5) is 16.5 Å². The number of carbonyl (C=O) groups excluding carboxylic acids is 1. The fourth-order valence-electron chi connectivity index (χ4n) is 3.57. The molecule has 0 spiro atoms. The van der Waals surface area contributed by atoms with Gasteiger partial charge >= 0.3 is 0 Å². The van der Waals surface area contributed by atoms with Crippen LogP contribution in [0, 0.1) is 10.1 Å². The first kappa shape index (κ1) is 23.9. The number of halogens is 1. The van der Waals surface area contributed by atoms with Gasteiger partial charge in [-0.25, -0.2) is 4.98 Å². The number of para-hydroxylation sites is 1. The first-order chi connectivity index (χ1) is 17.5. The number of thiazole rings is 1. The molecule has 1 aliphatic rings. The SMILES string of the molecule is O=C1/C(=C\c2cccc([N+](=O)[O-])c2)S/C(=N\c2ncc(Cc3ccccc3Cl)s2)N1c1ccccc1. The quantitative estimate of drug-likeness (QED) is 0.150. The van der Waals surface area contributed by atoms with Gasteiger partial charge in [-0.2, -0.15) is 4.99 Å². The van der Waals surface area contributed by atoms with Gasteiger partial charge in [0.05, 0.1) is 15.5 Å². The predicted octanol–water partition coefficient (Wildman–Crippen LogP) is 7.10. The Kier molecular flexibility index (Phi) is 6.95. The topological polar surface area (TPSA) is 88.7 Å². The van der Waals surface area contributed by atoms with Crippen LogP contribution in [0.25, 0.3) is 6.08 Å². The van der Waals surface area contributed by atoms with Gasteiger partial charge in [-0.05, 0) is 47.2 Å². The molecule has 0 atom stereocenters. The summed E-state index contributed by atoms with van der Waals surface area (Å²) in [5.74, 6) is -0.260. The van der Waals surface area contributed by atoms with Gasteiger partial charge in [0.25, 0.3) is 11.6 Å². The third-order valence-corrected chi connectivity index (χ3v) is 7.48. The fourth-order valence-corrected chi connectivity index (χ4v) is 5.62. The second kappa shape index (κ2) is 10.4. The molecule has 5 rings (SSSR count). The molecule has 4 aromatic rings. The molecule has 0 N–H and O–H groups in total. The lowest BCUT2D eigenvalue weighted by molar-refractivity contribution is -0.384. The Morgan fingerprint density at radius 3 is 2.61 bits per heavy atom. The maximum atomic E-state index is 13.4. The number of anilines is 1. The van der Waals surface area contributed by atoms with Gasteiger partial charge in [0, 0.05) is 34.7 Å². The maximum absolute atomic E-state index is 13.4. The average Bonchev–Trinajstić information content (AvgIpc) is 3.44. The van der Waals surface area contributed by atoms with E-state index in [1.165, 1.54) is 40.1 Å². The minimum absolute atomic E-state index is 0.0394. The zero-order valence-electron chi connectivity index (χ0n) is 18.6. The molecule has 0 saturated carbocycles. The Morgan fingerprint density at radius 2 is 1.83 bits per heavy atom. The van der Waals surface area contributed by atoms with Crippen molar-refractivity contribution < 1.29 is 9.72 Å². The zero-order valence-corrected chi connectivity index (χ0v) is 21.0. The lowest BCUT2D eigenvalue weighted by atomic mass is 10.1. The van der Waals surface area contributed by atoms with Gasteiger partial charge in [-0.1, -0.05) is 71.5 Å². The standard InChI is InChI=1S/C26H17ClN4O3S2/c27-22-12-5-4-8-18(22)15-21-16-28-25(35-21)29-26-30(19-9-2-1-3-10-19)24(32)23(36-26)14-17-7-6-11-20(13-17)31(33)34/h1-14,16H,15H2/b23-14+,29-26-. The number of rotatable bonds is 6. The molecule has 7 nitrogen and oxygen atoms in total. The van der Waals surface area contributed by atoms with Crippen molar-refractivity contribution in [3.8, 4) is 0 Å². The first-order valence-electron chi connectivity index (χ1n) is 10.8. The van der Waals surface area contributed by atoms with Crippen LogP contribution < -0.4 is 4.90 Å². The van der Waals surface area contributed by atoms with Crippen LogP contribution in [0.3, 0.4) is 0 Å². The van der Waals surface area contributed by atoms with Gasteiger partial charge in [0.2, 0.25) is 5.13 Å². The Labute approximate surface area is 219 Å². The smallest absolute Gasteiger partial charge is 0.268 e. The summed E-state index contributed by atoms with van der Waals surface area (Å²) >= 11 is 8.93. The number of amidine groups is 1. The fraction of sp³-hybridized carbons (Fsp3) is 0.0385. The number of carbonyl (C=O) groups is 1. The van der Waals surface area contributed by atoms with Crippen molar-refractivity contribution in [2.75, 3.05) is 4.90 Å². The van der Waals surface area contributed by atoms with Crippen molar-refractivity contribution in [3.63, 3.8) is 0 Å². The highest BCUT2D eigenvalue weighted by Gasteiger charge is 2.35. The lowest BCUT2D eigenvalue weighted by Crippen LogP contribution is -2.28. The molecule has 1 saturated heterocycles. The van der Waals surface area contributed by atoms with E-state index >= 15 is 0 Å². The third kappa shape index (κ3) is 5.23. The number of nitro groups is 1. The third-order valence-electron chi connectivity index (χ3n) is 5.25. The first-order valence-corrected chi connectivity index (χ1v) is 12.8. The monoisotopic (exact) mass is 532 g/mol. The number of aliphatic imine (C=N–C) groups is 1. The largest absolute Gasteiger partial charge is 0.271 e. The Balaban J connectivity index is 1.48. The normalized spacial score (nSPS) is 15.7. The van der Waals surface area contributed by atoms with Crippen molar-refractivity contribution in [2.24, 2.45) is 4.99 Å². The molecule has 0 radical (unpaired) electrons. The van der Waals surface area contributed by atoms with Crippen LogP contribution in [-0.2, 0) is 11.2 Å². The number of hydrogen-bond acceptors (Lipinski definition) is 7. The van der Waals surface area contributed by atoms with E-state index in [-0.39, 0.29) is 11.6 Å².